The first-order valence-corrected chi connectivity index (χ1v) is 7.89. The molecular formula is C16H28N4O. The van der Waals surface area contributed by atoms with Crippen LogP contribution in [0.25, 0.3) is 0 Å². The van der Waals surface area contributed by atoms with Gasteiger partial charge in [-0.1, -0.05) is 6.92 Å². The van der Waals surface area contributed by atoms with Gasteiger partial charge in [0.1, 0.15) is 0 Å². The van der Waals surface area contributed by atoms with Crippen molar-refractivity contribution in [2.75, 3.05) is 26.7 Å². The molecule has 1 amide bonds. The highest BCUT2D eigenvalue weighted by molar-refractivity contribution is 5.95. The average Bonchev–Trinajstić information content (AvgIpc) is 3.03. The number of aromatic nitrogens is 2. The molecule has 0 bridgehead atoms. The molecule has 1 aromatic heterocycles. The van der Waals surface area contributed by atoms with Crippen molar-refractivity contribution < 1.29 is 4.79 Å². The van der Waals surface area contributed by atoms with E-state index in [0.29, 0.717) is 5.92 Å². The van der Waals surface area contributed by atoms with E-state index < -0.39 is 0 Å². The average molecular weight is 292 g/mol. The Labute approximate surface area is 127 Å². The summed E-state index contributed by atoms with van der Waals surface area (Å²) in [5.74, 6) is 0.711. The molecule has 0 aliphatic carbocycles. The maximum atomic E-state index is 12.8. The number of carbonyl (C=O) groups excluding carboxylic acids is 1. The molecule has 1 unspecified atom stereocenters. The number of amides is 1. The topological polar surface area (TPSA) is 50.2 Å². The Morgan fingerprint density at radius 2 is 2.19 bits per heavy atom. The summed E-state index contributed by atoms with van der Waals surface area (Å²) >= 11 is 0. The quantitative estimate of drug-likeness (QED) is 0.922. The summed E-state index contributed by atoms with van der Waals surface area (Å²) in [5, 5.41) is 7.66. The predicted octanol–water partition coefficient (Wildman–Crippen LogP) is 1.88. The molecule has 5 nitrogen and oxygen atoms in total. The number of nitrogens with zero attached hydrogens (tertiary/aromatic N) is 3. The van der Waals surface area contributed by atoms with Crippen LogP contribution in [0, 0.1) is 5.92 Å². The zero-order valence-corrected chi connectivity index (χ0v) is 13.9. The Hall–Kier alpha value is -1.36. The summed E-state index contributed by atoms with van der Waals surface area (Å²) in [6.07, 6.45) is 3.66. The van der Waals surface area contributed by atoms with Crippen LogP contribution in [-0.2, 0) is 12.0 Å². The van der Waals surface area contributed by atoms with Crippen molar-refractivity contribution in [3.05, 3.63) is 17.5 Å². The Balaban J connectivity index is 2.19. The molecule has 0 saturated carbocycles. The second-order valence-electron chi connectivity index (χ2n) is 6.90. The Kier molecular flexibility index (Phi) is 4.71. The van der Waals surface area contributed by atoms with Crippen LogP contribution in [0.4, 0.5) is 0 Å². The summed E-state index contributed by atoms with van der Waals surface area (Å²) in [6, 6.07) is 0. The minimum Gasteiger partial charge on any atom is -0.338 e. The van der Waals surface area contributed by atoms with Crippen molar-refractivity contribution in [2.45, 2.75) is 46.1 Å². The van der Waals surface area contributed by atoms with Gasteiger partial charge < -0.3 is 10.2 Å². The van der Waals surface area contributed by atoms with Gasteiger partial charge in [-0.15, -0.1) is 0 Å². The third-order valence-corrected chi connectivity index (χ3v) is 4.14. The van der Waals surface area contributed by atoms with Crippen molar-refractivity contribution in [2.24, 2.45) is 5.92 Å². The van der Waals surface area contributed by atoms with Gasteiger partial charge in [-0.3, -0.25) is 9.48 Å². The molecule has 1 saturated heterocycles. The molecular weight excluding hydrogens is 264 g/mol. The summed E-state index contributed by atoms with van der Waals surface area (Å²) in [4.78, 5) is 14.7. The molecule has 1 aliphatic rings. The lowest BCUT2D eigenvalue weighted by Gasteiger charge is -2.23. The van der Waals surface area contributed by atoms with E-state index in [1.54, 1.807) is 6.20 Å². The van der Waals surface area contributed by atoms with Gasteiger partial charge in [-0.25, -0.2) is 0 Å². The Morgan fingerprint density at radius 3 is 2.76 bits per heavy atom. The summed E-state index contributed by atoms with van der Waals surface area (Å²) in [5.41, 5.74) is 1.73. The molecule has 21 heavy (non-hydrogen) atoms. The smallest absolute Gasteiger partial charge is 0.257 e. The highest BCUT2D eigenvalue weighted by Crippen LogP contribution is 2.23. The molecule has 1 fully saturated rings. The number of rotatable bonds is 4. The molecule has 1 aromatic rings. The van der Waals surface area contributed by atoms with Crippen molar-refractivity contribution in [3.8, 4) is 0 Å². The molecule has 2 heterocycles. The van der Waals surface area contributed by atoms with Crippen molar-refractivity contribution in [3.63, 3.8) is 0 Å². The predicted molar refractivity (Wildman–Crippen MR) is 84.5 cm³/mol. The van der Waals surface area contributed by atoms with Gasteiger partial charge in [0.05, 0.1) is 23.0 Å². The largest absolute Gasteiger partial charge is 0.338 e. The fourth-order valence-electron chi connectivity index (χ4n) is 3.11. The second kappa shape index (κ2) is 6.18. The molecule has 0 aromatic carbocycles. The van der Waals surface area contributed by atoms with Crippen molar-refractivity contribution >= 4 is 5.91 Å². The highest BCUT2D eigenvalue weighted by Gasteiger charge is 2.30. The van der Waals surface area contributed by atoms with Gasteiger partial charge in [0.25, 0.3) is 5.91 Å². The van der Waals surface area contributed by atoms with E-state index in [-0.39, 0.29) is 11.4 Å². The lowest BCUT2D eigenvalue weighted by molar-refractivity contribution is 0.0786. The molecule has 0 spiro atoms. The first-order valence-electron chi connectivity index (χ1n) is 7.89. The van der Waals surface area contributed by atoms with E-state index in [1.165, 1.54) is 0 Å². The van der Waals surface area contributed by atoms with E-state index in [4.69, 9.17) is 0 Å². The second-order valence-corrected chi connectivity index (χ2v) is 6.90. The number of hydrogen-bond donors (Lipinski definition) is 1. The zero-order chi connectivity index (χ0) is 15.6. The van der Waals surface area contributed by atoms with Crippen LogP contribution in [0.2, 0.25) is 0 Å². The first-order chi connectivity index (χ1) is 9.88. The maximum Gasteiger partial charge on any atom is 0.257 e. The Morgan fingerprint density at radius 1 is 1.48 bits per heavy atom. The lowest BCUT2D eigenvalue weighted by Crippen LogP contribution is -2.31. The normalized spacial score (nSPS) is 19.3. The summed E-state index contributed by atoms with van der Waals surface area (Å²) in [6.45, 7) is 11.1. The van der Waals surface area contributed by atoms with Crippen LogP contribution in [-0.4, -0.2) is 47.3 Å². The van der Waals surface area contributed by atoms with E-state index in [2.05, 4.69) is 38.1 Å². The minimum atomic E-state index is -0.0937. The van der Waals surface area contributed by atoms with Gasteiger partial charge in [0, 0.05) is 13.1 Å². The molecule has 1 aliphatic heterocycles. The van der Waals surface area contributed by atoms with Gasteiger partial charge >= 0.3 is 0 Å². The first kappa shape index (κ1) is 16.0. The number of likely N-dealkylation sites (tertiary alicyclic amines) is 1. The van der Waals surface area contributed by atoms with Crippen LogP contribution in [0.5, 0.6) is 0 Å². The third-order valence-electron chi connectivity index (χ3n) is 4.14. The van der Waals surface area contributed by atoms with E-state index >= 15 is 0 Å². The zero-order valence-electron chi connectivity index (χ0n) is 13.9. The van der Waals surface area contributed by atoms with Crippen LogP contribution in [0.1, 0.15) is 50.2 Å². The summed E-state index contributed by atoms with van der Waals surface area (Å²) in [7, 11) is 1.97. The Bertz CT molecular complexity index is 501. The van der Waals surface area contributed by atoms with Gasteiger partial charge in [-0.2, -0.15) is 5.10 Å². The maximum absolute atomic E-state index is 12.8. The van der Waals surface area contributed by atoms with Gasteiger partial charge in [0.15, 0.2) is 0 Å². The molecule has 2 rings (SSSR count). The molecule has 1 atom stereocenters. The van der Waals surface area contributed by atoms with Crippen LogP contribution in [0.15, 0.2) is 6.20 Å². The standard InChI is InChI=1S/C16H28N4O/c1-6-14-13(10-18-20(14)16(2,3)4)15(21)19-8-7-12(11-19)9-17-5/h10,12,17H,6-9,11H2,1-5H3. The fourth-order valence-corrected chi connectivity index (χ4v) is 3.11. The van der Waals surface area contributed by atoms with Crippen LogP contribution < -0.4 is 5.32 Å². The van der Waals surface area contributed by atoms with Gasteiger partial charge in [0.2, 0.25) is 0 Å². The third kappa shape index (κ3) is 3.28. The minimum absolute atomic E-state index is 0.0937. The monoisotopic (exact) mass is 292 g/mol. The lowest BCUT2D eigenvalue weighted by atomic mass is 10.1. The van der Waals surface area contributed by atoms with E-state index in [0.717, 1.165) is 43.7 Å². The number of hydrogen-bond acceptors (Lipinski definition) is 3. The van der Waals surface area contributed by atoms with Gasteiger partial charge in [-0.05, 0) is 53.1 Å². The number of nitrogens with one attached hydrogen (secondary N) is 1. The molecule has 118 valence electrons. The summed E-state index contributed by atoms with van der Waals surface area (Å²) < 4.78 is 1.99. The van der Waals surface area contributed by atoms with E-state index in [9.17, 15) is 4.79 Å². The number of carbonyl (C=O) groups is 1. The fraction of sp³-hybridized carbons (Fsp3) is 0.750. The highest BCUT2D eigenvalue weighted by atomic mass is 16.2. The van der Waals surface area contributed by atoms with Crippen molar-refractivity contribution in [1.82, 2.24) is 20.0 Å². The molecule has 1 N–H and O–H groups in total. The van der Waals surface area contributed by atoms with Crippen LogP contribution in [0.3, 0.4) is 0 Å². The molecule has 0 radical (unpaired) electrons. The van der Waals surface area contributed by atoms with E-state index in [1.807, 2.05) is 16.6 Å². The van der Waals surface area contributed by atoms with Crippen LogP contribution >= 0.6 is 0 Å². The van der Waals surface area contributed by atoms with Crippen molar-refractivity contribution in [1.29, 1.82) is 0 Å². The SMILES string of the molecule is CCc1c(C(=O)N2CCC(CNC)C2)cnn1C(C)(C)C. The molecule has 5 heteroatoms.